The Hall–Kier alpha value is -2.89. The number of ether oxygens (including phenoxy) is 1. The van der Waals surface area contributed by atoms with Gasteiger partial charge >= 0.3 is 5.97 Å². The van der Waals surface area contributed by atoms with Crippen LogP contribution in [0.3, 0.4) is 0 Å². The second kappa shape index (κ2) is 7.34. The summed E-state index contributed by atoms with van der Waals surface area (Å²) in [7, 11) is 1.37. The summed E-state index contributed by atoms with van der Waals surface area (Å²) in [6.45, 7) is 0. The van der Waals surface area contributed by atoms with E-state index in [1.165, 1.54) is 19.2 Å². The number of rotatable bonds is 6. The maximum atomic E-state index is 13.4. The number of hydrogen-bond acceptors (Lipinski definition) is 5. The normalized spacial score (nSPS) is 18.9. The maximum Gasteiger partial charge on any atom is 0.305 e. The van der Waals surface area contributed by atoms with Crippen LogP contribution in [0.1, 0.15) is 30.4 Å². The molecule has 2 heterocycles. The van der Waals surface area contributed by atoms with E-state index in [2.05, 4.69) is 15.2 Å². The van der Waals surface area contributed by atoms with E-state index in [1.807, 2.05) is 12.1 Å². The monoisotopic (exact) mass is 339 g/mol. The molecule has 1 aliphatic heterocycles. The van der Waals surface area contributed by atoms with Crippen molar-refractivity contribution in [1.82, 2.24) is 4.98 Å². The average molecular weight is 339 g/mol. The molecule has 3 rings (SSSR count). The smallest absolute Gasteiger partial charge is 0.305 e. The van der Waals surface area contributed by atoms with E-state index in [0.29, 0.717) is 19.3 Å². The number of methoxy groups -OCH3 is 1. The Kier molecular flexibility index (Phi) is 4.97. The van der Waals surface area contributed by atoms with Crippen LogP contribution in [-0.2, 0) is 15.1 Å². The van der Waals surface area contributed by atoms with Gasteiger partial charge < -0.3 is 4.74 Å². The van der Waals surface area contributed by atoms with Gasteiger partial charge in [-0.15, -0.1) is 0 Å². The molecule has 0 bridgehead atoms. The Morgan fingerprint density at radius 3 is 2.56 bits per heavy atom. The number of nitrogens with zero attached hydrogens (tertiary/aromatic N) is 3. The first-order valence-corrected chi connectivity index (χ1v) is 8.01. The van der Waals surface area contributed by atoms with Gasteiger partial charge in [0.05, 0.1) is 13.3 Å². The summed E-state index contributed by atoms with van der Waals surface area (Å²) in [6.07, 6.45) is 6.56. The van der Waals surface area contributed by atoms with Crippen LogP contribution in [0.2, 0.25) is 0 Å². The summed E-state index contributed by atoms with van der Waals surface area (Å²) >= 11 is 0. The number of carbonyl (C=O) groups excluding carboxylic acids is 1. The molecule has 128 valence electrons. The second-order valence-electron chi connectivity index (χ2n) is 5.79. The summed E-state index contributed by atoms with van der Waals surface area (Å²) in [5.74, 6) is -0.573. The van der Waals surface area contributed by atoms with E-state index < -0.39 is 5.54 Å². The fraction of sp³-hybridized carbons (Fsp3) is 0.263. The Bertz CT molecular complexity index is 803. The van der Waals surface area contributed by atoms with Crippen molar-refractivity contribution < 1.29 is 13.9 Å². The summed E-state index contributed by atoms with van der Waals surface area (Å²) < 4.78 is 18.1. The first-order valence-electron chi connectivity index (χ1n) is 8.01. The molecule has 5 nitrogen and oxygen atoms in total. The largest absolute Gasteiger partial charge is 0.469 e. The highest BCUT2D eigenvalue weighted by Gasteiger charge is 2.39. The van der Waals surface area contributed by atoms with Crippen LogP contribution in [0.15, 0.2) is 65.2 Å². The molecule has 6 heteroatoms. The van der Waals surface area contributed by atoms with E-state index in [9.17, 15) is 9.18 Å². The Balaban J connectivity index is 1.97. The molecule has 25 heavy (non-hydrogen) atoms. The first-order chi connectivity index (χ1) is 12.2. The van der Waals surface area contributed by atoms with Gasteiger partial charge in [0.25, 0.3) is 0 Å². The van der Waals surface area contributed by atoms with E-state index in [4.69, 9.17) is 4.74 Å². The third kappa shape index (κ3) is 3.47. The zero-order chi connectivity index (χ0) is 17.7. The number of halogens is 1. The fourth-order valence-corrected chi connectivity index (χ4v) is 3.05. The first kappa shape index (κ1) is 17.0. The molecule has 1 atom stereocenters. The molecule has 0 saturated carbocycles. The van der Waals surface area contributed by atoms with Gasteiger partial charge in [-0.05, 0) is 48.2 Å². The van der Waals surface area contributed by atoms with Gasteiger partial charge in [0.2, 0.25) is 0 Å². The molecule has 1 aliphatic rings. The van der Waals surface area contributed by atoms with E-state index in [-0.39, 0.29) is 11.8 Å². The lowest BCUT2D eigenvalue weighted by molar-refractivity contribution is -0.140. The zero-order valence-electron chi connectivity index (χ0n) is 13.9. The van der Waals surface area contributed by atoms with Crippen molar-refractivity contribution in [3.63, 3.8) is 0 Å². The predicted octanol–water partition coefficient (Wildman–Crippen LogP) is 4.27. The fourth-order valence-electron chi connectivity index (χ4n) is 3.05. The molecule has 0 saturated heterocycles. The van der Waals surface area contributed by atoms with Crippen molar-refractivity contribution in [1.29, 1.82) is 0 Å². The minimum Gasteiger partial charge on any atom is -0.469 e. The Labute approximate surface area is 145 Å². The van der Waals surface area contributed by atoms with Gasteiger partial charge in [-0.3, -0.25) is 9.78 Å². The summed E-state index contributed by atoms with van der Waals surface area (Å²) in [4.78, 5) is 15.5. The van der Waals surface area contributed by atoms with Crippen LogP contribution < -0.4 is 0 Å². The number of esters is 1. The molecule has 0 spiro atoms. The lowest BCUT2D eigenvalue weighted by Crippen LogP contribution is -2.24. The van der Waals surface area contributed by atoms with Crippen molar-refractivity contribution in [3.05, 3.63) is 71.9 Å². The molecule has 2 aromatic rings. The number of benzene rings is 1. The maximum absolute atomic E-state index is 13.4. The number of hydrogen-bond donors (Lipinski definition) is 0. The van der Waals surface area contributed by atoms with Gasteiger partial charge in [-0.2, -0.15) is 10.2 Å². The molecule has 0 amide bonds. The van der Waals surface area contributed by atoms with Gasteiger partial charge in [-0.25, -0.2) is 4.39 Å². The molecule has 1 unspecified atom stereocenters. The number of azo groups is 1. The van der Waals surface area contributed by atoms with Crippen molar-refractivity contribution in [2.45, 2.75) is 24.8 Å². The minimum atomic E-state index is -0.747. The Morgan fingerprint density at radius 2 is 1.88 bits per heavy atom. The van der Waals surface area contributed by atoms with Crippen LogP contribution in [0.25, 0.3) is 5.57 Å². The molecule has 0 N–H and O–H groups in total. The molecular weight excluding hydrogens is 321 g/mol. The van der Waals surface area contributed by atoms with E-state index in [1.54, 1.807) is 30.7 Å². The molecule has 0 fully saturated rings. The number of aromatic nitrogens is 1. The lowest BCUT2D eigenvalue weighted by atomic mass is 9.77. The lowest BCUT2D eigenvalue weighted by Gasteiger charge is -2.29. The van der Waals surface area contributed by atoms with Gasteiger partial charge in [0, 0.05) is 24.4 Å². The third-order valence-corrected chi connectivity index (χ3v) is 4.32. The molecule has 0 aliphatic carbocycles. The highest BCUT2D eigenvalue weighted by Crippen LogP contribution is 2.47. The topological polar surface area (TPSA) is 63.9 Å². The molecule has 1 aromatic carbocycles. The van der Waals surface area contributed by atoms with Crippen LogP contribution in [-0.4, -0.2) is 18.1 Å². The van der Waals surface area contributed by atoms with E-state index >= 15 is 0 Å². The zero-order valence-corrected chi connectivity index (χ0v) is 13.9. The predicted molar refractivity (Wildman–Crippen MR) is 91.0 cm³/mol. The van der Waals surface area contributed by atoms with Crippen molar-refractivity contribution in [3.8, 4) is 0 Å². The summed E-state index contributed by atoms with van der Waals surface area (Å²) in [5.41, 5.74) is 1.94. The highest BCUT2D eigenvalue weighted by atomic mass is 19.1. The second-order valence-corrected chi connectivity index (χ2v) is 5.79. The number of carbonyl (C=O) groups is 1. The van der Waals surface area contributed by atoms with E-state index in [0.717, 1.165) is 16.7 Å². The van der Waals surface area contributed by atoms with Crippen LogP contribution in [0.4, 0.5) is 4.39 Å². The van der Waals surface area contributed by atoms with Crippen molar-refractivity contribution >= 4 is 11.5 Å². The summed E-state index contributed by atoms with van der Waals surface area (Å²) in [6, 6.07) is 10.0. The standard InChI is InChI=1S/C19H18FN3O2/c1-25-18(24)3-2-10-19(15-4-6-16(20)7-5-15)17(13-22-23-19)14-8-11-21-12-9-14/h4-9,11-13H,2-3,10H2,1H3. The minimum absolute atomic E-state index is 0.265. The van der Waals surface area contributed by atoms with Gasteiger partial charge in [0.1, 0.15) is 11.4 Å². The average Bonchev–Trinajstić information content (AvgIpc) is 3.07. The highest BCUT2D eigenvalue weighted by molar-refractivity contribution is 5.76. The molecule has 1 aromatic heterocycles. The van der Waals surface area contributed by atoms with Crippen LogP contribution >= 0.6 is 0 Å². The van der Waals surface area contributed by atoms with Crippen LogP contribution in [0, 0.1) is 5.82 Å². The number of pyridine rings is 1. The van der Waals surface area contributed by atoms with Crippen LogP contribution in [0.5, 0.6) is 0 Å². The van der Waals surface area contributed by atoms with Crippen molar-refractivity contribution in [2.24, 2.45) is 10.2 Å². The summed E-state index contributed by atoms with van der Waals surface area (Å²) in [5, 5.41) is 8.63. The van der Waals surface area contributed by atoms with Gasteiger partial charge in [-0.1, -0.05) is 12.1 Å². The quantitative estimate of drug-likeness (QED) is 0.738. The molecule has 0 radical (unpaired) electrons. The Morgan fingerprint density at radius 1 is 1.16 bits per heavy atom. The third-order valence-electron chi connectivity index (χ3n) is 4.32. The van der Waals surface area contributed by atoms with Crippen molar-refractivity contribution in [2.75, 3.05) is 7.11 Å². The molecular formula is C19H18FN3O2. The SMILES string of the molecule is COC(=O)CCCC1(c2ccc(F)cc2)N=NC=C1c1ccncc1. The van der Waals surface area contributed by atoms with Gasteiger partial charge in [0.15, 0.2) is 0 Å².